The molecule has 0 bridgehead atoms. The molecule has 0 amide bonds. The normalized spacial score (nSPS) is 11.8. The third kappa shape index (κ3) is 3.93. The summed E-state index contributed by atoms with van der Waals surface area (Å²) in [7, 11) is -1.72. The third-order valence-electron chi connectivity index (χ3n) is 3.10. The molecule has 0 saturated heterocycles. The van der Waals surface area contributed by atoms with Crippen LogP contribution in [0.1, 0.15) is 33.6 Å². The monoisotopic (exact) mass is 314 g/mol. The smallest absolute Gasteiger partial charge is 0.224 e. The molecule has 0 saturated carbocycles. The van der Waals surface area contributed by atoms with Gasteiger partial charge in [0.25, 0.3) is 0 Å². The number of rotatable bonds is 7. The molecule has 0 aliphatic rings. The van der Waals surface area contributed by atoms with E-state index in [0.29, 0.717) is 0 Å². The highest BCUT2D eigenvalue weighted by atomic mass is 79.9. The highest BCUT2D eigenvalue weighted by Gasteiger charge is 2.34. The van der Waals surface area contributed by atoms with Crippen molar-refractivity contribution >= 4 is 29.4 Å². The van der Waals surface area contributed by atoms with Crippen LogP contribution < -0.4 is 5.19 Å². The van der Waals surface area contributed by atoms with E-state index >= 15 is 0 Å². The molecular weight excluding hydrogens is 292 g/mol. The van der Waals surface area contributed by atoms with Gasteiger partial charge < -0.3 is 4.43 Å². The van der Waals surface area contributed by atoms with Gasteiger partial charge in [-0.05, 0) is 36.3 Å². The molecule has 3 heteroatoms. The molecule has 0 aliphatic carbocycles. The maximum Gasteiger partial charge on any atom is 0.224 e. The van der Waals surface area contributed by atoms with Gasteiger partial charge in [-0.1, -0.05) is 54.8 Å². The Labute approximate surface area is 115 Å². The lowest BCUT2D eigenvalue weighted by Crippen LogP contribution is -2.50. The fourth-order valence-electron chi connectivity index (χ4n) is 2.48. The molecule has 96 valence electrons. The average molecular weight is 315 g/mol. The van der Waals surface area contributed by atoms with Crippen LogP contribution >= 0.6 is 15.9 Å². The van der Waals surface area contributed by atoms with Gasteiger partial charge in [0.05, 0.1) is 0 Å². The Bertz CT molecular complexity index is 306. The molecule has 1 rings (SSSR count). The highest BCUT2D eigenvalue weighted by Crippen LogP contribution is 2.22. The molecule has 0 radical (unpaired) electrons. The van der Waals surface area contributed by atoms with E-state index in [1.807, 2.05) is 0 Å². The van der Waals surface area contributed by atoms with Crippen molar-refractivity contribution in [3.05, 3.63) is 28.7 Å². The van der Waals surface area contributed by atoms with Crippen molar-refractivity contribution in [3.8, 4) is 0 Å². The topological polar surface area (TPSA) is 9.23 Å². The predicted octanol–water partition coefficient (Wildman–Crippen LogP) is 4.46. The van der Waals surface area contributed by atoms with E-state index in [2.05, 4.69) is 61.0 Å². The number of halogens is 1. The summed E-state index contributed by atoms with van der Waals surface area (Å²) in [4.78, 5) is 0. The van der Waals surface area contributed by atoms with Gasteiger partial charge >= 0.3 is 0 Å². The van der Waals surface area contributed by atoms with Gasteiger partial charge in [0.1, 0.15) is 0 Å². The molecule has 0 atom stereocenters. The number of hydrogen-bond donors (Lipinski definition) is 0. The second-order valence-corrected chi connectivity index (χ2v) is 9.20. The zero-order valence-electron chi connectivity index (χ0n) is 11.1. The van der Waals surface area contributed by atoms with Crippen LogP contribution in [0.4, 0.5) is 0 Å². The van der Waals surface area contributed by atoms with Gasteiger partial charge in [0.15, 0.2) is 0 Å². The molecule has 0 fully saturated rings. The van der Waals surface area contributed by atoms with Crippen LogP contribution in [0.2, 0.25) is 12.1 Å². The lowest BCUT2D eigenvalue weighted by Gasteiger charge is -2.31. The minimum atomic E-state index is -1.72. The van der Waals surface area contributed by atoms with Crippen molar-refractivity contribution in [2.75, 3.05) is 6.61 Å². The Hall–Kier alpha value is -0.123. The van der Waals surface area contributed by atoms with E-state index in [9.17, 15) is 0 Å². The summed E-state index contributed by atoms with van der Waals surface area (Å²) in [5.74, 6) is 0. The zero-order valence-corrected chi connectivity index (χ0v) is 13.7. The Balaban J connectivity index is 3.04. The van der Waals surface area contributed by atoms with E-state index in [4.69, 9.17) is 4.43 Å². The van der Waals surface area contributed by atoms with Crippen LogP contribution in [-0.4, -0.2) is 14.9 Å². The number of benzene rings is 1. The van der Waals surface area contributed by atoms with Crippen molar-refractivity contribution in [2.45, 2.75) is 45.7 Å². The van der Waals surface area contributed by atoms with Gasteiger partial charge in [-0.2, -0.15) is 0 Å². The first-order chi connectivity index (χ1) is 8.18. The van der Waals surface area contributed by atoms with Crippen LogP contribution in [0.15, 0.2) is 28.7 Å². The molecule has 0 N–H and O–H groups in total. The van der Waals surface area contributed by atoms with E-state index < -0.39 is 8.32 Å². The van der Waals surface area contributed by atoms with Crippen LogP contribution in [0.25, 0.3) is 0 Å². The molecule has 1 nitrogen and oxygen atoms in total. The highest BCUT2D eigenvalue weighted by molar-refractivity contribution is 9.10. The van der Waals surface area contributed by atoms with E-state index in [1.54, 1.807) is 0 Å². The van der Waals surface area contributed by atoms with Crippen LogP contribution in [0, 0.1) is 0 Å². The van der Waals surface area contributed by atoms with E-state index in [-0.39, 0.29) is 0 Å². The molecule has 0 aliphatic heterocycles. The first-order valence-electron chi connectivity index (χ1n) is 6.58. The maximum absolute atomic E-state index is 6.26. The van der Waals surface area contributed by atoms with Gasteiger partial charge in [-0.25, -0.2) is 0 Å². The van der Waals surface area contributed by atoms with Crippen molar-refractivity contribution in [3.63, 3.8) is 0 Å². The summed E-state index contributed by atoms with van der Waals surface area (Å²) in [6.07, 6.45) is 2.42. The molecular formula is C14H23BrOSi. The Morgan fingerprint density at radius 3 is 1.94 bits per heavy atom. The Morgan fingerprint density at radius 2 is 1.53 bits per heavy atom. The average Bonchev–Trinajstić information content (AvgIpc) is 2.30. The van der Waals surface area contributed by atoms with Crippen molar-refractivity contribution in [1.82, 2.24) is 0 Å². The van der Waals surface area contributed by atoms with Gasteiger partial charge in [0.2, 0.25) is 8.32 Å². The predicted molar refractivity (Wildman–Crippen MR) is 81.4 cm³/mol. The van der Waals surface area contributed by atoms with Crippen LogP contribution in [-0.2, 0) is 4.43 Å². The summed E-state index contributed by atoms with van der Waals surface area (Å²) in [6, 6.07) is 11.2. The number of hydrogen-bond acceptors (Lipinski definition) is 1. The Kier molecular flexibility index (Phi) is 6.45. The molecule has 1 aromatic rings. The molecule has 0 spiro atoms. The van der Waals surface area contributed by atoms with E-state index in [1.165, 1.54) is 30.1 Å². The zero-order chi connectivity index (χ0) is 12.7. The SMILES string of the molecule is CCC[Si](CCC)(OCC)c1ccc(Br)cc1. The third-order valence-corrected chi connectivity index (χ3v) is 8.47. The van der Waals surface area contributed by atoms with E-state index in [0.717, 1.165) is 11.1 Å². The standard InChI is InChI=1S/C14H23BrOSi/c1-4-11-17(12-5-2,16-6-3)14-9-7-13(15)8-10-14/h7-10H,4-6,11-12H2,1-3H3. The minimum Gasteiger partial charge on any atom is -0.413 e. The summed E-state index contributed by atoms with van der Waals surface area (Å²) in [5.41, 5.74) is 0. The van der Waals surface area contributed by atoms with Crippen molar-refractivity contribution in [2.24, 2.45) is 0 Å². The lowest BCUT2D eigenvalue weighted by atomic mass is 10.4. The molecule has 0 unspecified atom stereocenters. The molecule has 0 heterocycles. The molecule has 17 heavy (non-hydrogen) atoms. The Morgan fingerprint density at radius 1 is 1.00 bits per heavy atom. The second kappa shape index (κ2) is 7.34. The maximum atomic E-state index is 6.26. The van der Waals surface area contributed by atoms with Gasteiger partial charge in [-0.3, -0.25) is 0 Å². The summed E-state index contributed by atoms with van der Waals surface area (Å²) in [6.45, 7) is 7.47. The summed E-state index contributed by atoms with van der Waals surface area (Å²) in [5, 5.41) is 1.45. The van der Waals surface area contributed by atoms with Crippen LogP contribution in [0.3, 0.4) is 0 Å². The van der Waals surface area contributed by atoms with Crippen molar-refractivity contribution in [1.29, 1.82) is 0 Å². The summed E-state index contributed by atoms with van der Waals surface area (Å²) >= 11 is 3.50. The lowest BCUT2D eigenvalue weighted by molar-refractivity contribution is 0.327. The first kappa shape index (κ1) is 14.9. The fourth-order valence-corrected chi connectivity index (χ4v) is 6.97. The van der Waals surface area contributed by atoms with Crippen LogP contribution in [0.5, 0.6) is 0 Å². The second-order valence-electron chi connectivity index (χ2n) is 4.43. The summed E-state index contributed by atoms with van der Waals surface area (Å²) < 4.78 is 7.41. The minimum absolute atomic E-state index is 0.836. The molecule has 1 aromatic carbocycles. The largest absolute Gasteiger partial charge is 0.413 e. The van der Waals surface area contributed by atoms with Gasteiger partial charge in [0, 0.05) is 11.1 Å². The first-order valence-corrected chi connectivity index (χ1v) is 9.70. The van der Waals surface area contributed by atoms with Gasteiger partial charge in [-0.15, -0.1) is 0 Å². The fraction of sp³-hybridized carbons (Fsp3) is 0.571. The molecule has 0 aromatic heterocycles. The van der Waals surface area contributed by atoms with Crippen molar-refractivity contribution < 1.29 is 4.43 Å². The quantitative estimate of drug-likeness (QED) is 0.675.